The summed E-state index contributed by atoms with van der Waals surface area (Å²) in [5.41, 5.74) is 2.82. The minimum atomic E-state index is -0.0226. The van der Waals surface area contributed by atoms with E-state index in [4.69, 9.17) is 4.52 Å². The van der Waals surface area contributed by atoms with Crippen LogP contribution in [0.25, 0.3) is 11.3 Å². The fraction of sp³-hybridized carbons (Fsp3) is 0.333. The highest BCUT2D eigenvalue weighted by Crippen LogP contribution is 2.20. The zero-order chi connectivity index (χ0) is 13.7. The van der Waals surface area contributed by atoms with Gasteiger partial charge in [-0.15, -0.1) is 0 Å². The van der Waals surface area contributed by atoms with Crippen LogP contribution in [-0.2, 0) is 11.2 Å². The van der Waals surface area contributed by atoms with Crippen LogP contribution in [-0.4, -0.2) is 17.6 Å². The van der Waals surface area contributed by atoms with Gasteiger partial charge >= 0.3 is 0 Å². The van der Waals surface area contributed by atoms with Gasteiger partial charge in [0, 0.05) is 18.2 Å². The van der Waals surface area contributed by atoms with E-state index in [1.54, 1.807) is 0 Å². The lowest BCUT2D eigenvalue weighted by molar-refractivity contribution is -0.120. The number of hydrogen-bond acceptors (Lipinski definition) is 3. The van der Waals surface area contributed by atoms with E-state index in [9.17, 15) is 4.79 Å². The number of benzene rings is 1. The lowest BCUT2D eigenvalue weighted by Gasteiger charge is -1.99. The lowest BCUT2D eigenvalue weighted by atomic mass is 10.1. The molecular formula is C15H18N2O2. The fourth-order valence-electron chi connectivity index (χ4n) is 1.74. The summed E-state index contributed by atoms with van der Waals surface area (Å²) in [4.78, 5) is 11.6. The second-order valence-electron chi connectivity index (χ2n) is 4.58. The van der Waals surface area contributed by atoms with Gasteiger partial charge in [0.15, 0.2) is 5.76 Å². The van der Waals surface area contributed by atoms with Crippen molar-refractivity contribution in [1.29, 1.82) is 0 Å². The Balaban J connectivity index is 2.02. The summed E-state index contributed by atoms with van der Waals surface area (Å²) >= 11 is 0. The molecule has 0 radical (unpaired) electrons. The highest BCUT2D eigenvalue weighted by Gasteiger charge is 2.10. The monoisotopic (exact) mass is 258 g/mol. The van der Waals surface area contributed by atoms with Crippen molar-refractivity contribution in [3.8, 4) is 11.3 Å². The van der Waals surface area contributed by atoms with Crippen molar-refractivity contribution in [3.63, 3.8) is 0 Å². The Kier molecular flexibility index (Phi) is 4.34. The van der Waals surface area contributed by atoms with Gasteiger partial charge in [0.25, 0.3) is 0 Å². The van der Waals surface area contributed by atoms with E-state index in [0.29, 0.717) is 18.0 Å². The summed E-state index contributed by atoms with van der Waals surface area (Å²) in [5, 5.41) is 6.74. The van der Waals surface area contributed by atoms with Crippen LogP contribution in [0.15, 0.2) is 34.9 Å². The number of nitrogens with zero attached hydrogens (tertiary/aromatic N) is 1. The van der Waals surface area contributed by atoms with Crippen LogP contribution in [0, 0.1) is 6.92 Å². The van der Waals surface area contributed by atoms with Crippen LogP contribution < -0.4 is 5.32 Å². The van der Waals surface area contributed by atoms with E-state index in [-0.39, 0.29) is 12.3 Å². The number of carbonyl (C=O) groups excluding carboxylic acids is 1. The van der Waals surface area contributed by atoms with Crippen molar-refractivity contribution < 1.29 is 9.32 Å². The van der Waals surface area contributed by atoms with E-state index in [2.05, 4.69) is 10.5 Å². The molecule has 0 spiro atoms. The first kappa shape index (κ1) is 13.3. The Morgan fingerprint density at radius 2 is 2.05 bits per heavy atom. The third-order valence-corrected chi connectivity index (χ3v) is 2.81. The summed E-state index contributed by atoms with van der Waals surface area (Å²) in [6.07, 6.45) is 1.19. The molecule has 1 aromatic heterocycles. The van der Waals surface area contributed by atoms with E-state index < -0.39 is 0 Å². The predicted molar refractivity (Wildman–Crippen MR) is 73.7 cm³/mol. The third-order valence-electron chi connectivity index (χ3n) is 2.81. The van der Waals surface area contributed by atoms with Gasteiger partial charge in [0.05, 0.1) is 12.1 Å². The number of rotatable bonds is 5. The molecule has 0 aliphatic carbocycles. The van der Waals surface area contributed by atoms with Crippen LogP contribution in [0.3, 0.4) is 0 Å². The molecule has 1 aromatic carbocycles. The van der Waals surface area contributed by atoms with Gasteiger partial charge in [-0.2, -0.15) is 0 Å². The van der Waals surface area contributed by atoms with Gasteiger partial charge in [0.1, 0.15) is 0 Å². The Bertz CT molecular complexity index is 544. The average molecular weight is 258 g/mol. The molecule has 0 atom stereocenters. The maximum absolute atomic E-state index is 11.6. The SMILES string of the molecule is CCCNC(=O)Cc1cc(-c2ccc(C)cc2)on1. The first-order valence-corrected chi connectivity index (χ1v) is 6.48. The average Bonchev–Trinajstić information content (AvgIpc) is 2.85. The largest absolute Gasteiger partial charge is 0.356 e. The number of aromatic nitrogens is 1. The number of amides is 1. The van der Waals surface area contributed by atoms with Crippen LogP contribution in [0.1, 0.15) is 24.6 Å². The Hall–Kier alpha value is -2.10. The summed E-state index contributed by atoms with van der Waals surface area (Å²) in [6, 6.07) is 9.82. The number of aryl methyl sites for hydroxylation is 1. The summed E-state index contributed by atoms with van der Waals surface area (Å²) in [7, 11) is 0. The Morgan fingerprint density at radius 1 is 1.32 bits per heavy atom. The molecule has 1 amide bonds. The summed E-state index contributed by atoms with van der Waals surface area (Å²) in [5.74, 6) is 0.670. The van der Waals surface area contributed by atoms with Gasteiger partial charge in [-0.05, 0) is 13.3 Å². The maximum atomic E-state index is 11.6. The van der Waals surface area contributed by atoms with Crippen molar-refractivity contribution >= 4 is 5.91 Å². The van der Waals surface area contributed by atoms with Gasteiger partial charge in [0.2, 0.25) is 5.91 Å². The molecule has 1 N–H and O–H groups in total. The van der Waals surface area contributed by atoms with Crippen molar-refractivity contribution in [3.05, 3.63) is 41.6 Å². The van der Waals surface area contributed by atoms with E-state index in [0.717, 1.165) is 12.0 Å². The molecule has 0 fully saturated rings. The van der Waals surface area contributed by atoms with Gasteiger partial charge in [-0.1, -0.05) is 41.9 Å². The van der Waals surface area contributed by atoms with Crippen LogP contribution in [0.4, 0.5) is 0 Å². The third kappa shape index (κ3) is 3.68. The van der Waals surface area contributed by atoms with Crippen LogP contribution in [0.2, 0.25) is 0 Å². The quantitative estimate of drug-likeness (QED) is 0.897. The second kappa shape index (κ2) is 6.18. The highest BCUT2D eigenvalue weighted by atomic mass is 16.5. The van der Waals surface area contributed by atoms with Crippen molar-refractivity contribution in [2.45, 2.75) is 26.7 Å². The number of nitrogens with one attached hydrogen (secondary N) is 1. The molecule has 0 aliphatic heterocycles. The van der Waals surface area contributed by atoms with Crippen LogP contribution in [0.5, 0.6) is 0 Å². The molecule has 0 bridgehead atoms. The normalized spacial score (nSPS) is 10.4. The fourth-order valence-corrected chi connectivity index (χ4v) is 1.74. The topological polar surface area (TPSA) is 55.1 Å². The summed E-state index contributed by atoms with van der Waals surface area (Å²) in [6.45, 7) is 4.75. The highest BCUT2D eigenvalue weighted by molar-refractivity contribution is 5.78. The van der Waals surface area contributed by atoms with E-state index in [1.807, 2.05) is 44.2 Å². The molecule has 1 heterocycles. The molecule has 4 heteroatoms. The molecule has 0 unspecified atom stereocenters. The molecule has 0 saturated heterocycles. The molecule has 19 heavy (non-hydrogen) atoms. The standard InChI is InChI=1S/C15H18N2O2/c1-3-8-16-15(18)10-13-9-14(19-17-13)12-6-4-11(2)5-7-12/h4-7,9H,3,8,10H2,1-2H3,(H,16,18). The first-order chi connectivity index (χ1) is 9.19. The van der Waals surface area contributed by atoms with Crippen molar-refractivity contribution in [2.24, 2.45) is 0 Å². The zero-order valence-electron chi connectivity index (χ0n) is 11.3. The number of carbonyl (C=O) groups is 1. The molecule has 0 aliphatic rings. The smallest absolute Gasteiger partial charge is 0.226 e. The van der Waals surface area contributed by atoms with E-state index >= 15 is 0 Å². The first-order valence-electron chi connectivity index (χ1n) is 6.48. The zero-order valence-corrected chi connectivity index (χ0v) is 11.3. The van der Waals surface area contributed by atoms with Gasteiger partial charge < -0.3 is 9.84 Å². The second-order valence-corrected chi connectivity index (χ2v) is 4.58. The maximum Gasteiger partial charge on any atom is 0.226 e. The van der Waals surface area contributed by atoms with Crippen LogP contribution >= 0.6 is 0 Å². The molecule has 100 valence electrons. The molecule has 0 saturated carbocycles. The minimum Gasteiger partial charge on any atom is -0.356 e. The number of hydrogen-bond donors (Lipinski definition) is 1. The van der Waals surface area contributed by atoms with Crippen molar-refractivity contribution in [1.82, 2.24) is 10.5 Å². The summed E-state index contributed by atoms with van der Waals surface area (Å²) < 4.78 is 5.27. The van der Waals surface area contributed by atoms with Crippen molar-refractivity contribution in [2.75, 3.05) is 6.54 Å². The Labute approximate surface area is 112 Å². The van der Waals surface area contributed by atoms with Gasteiger partial charge in [-0.3, -0.25) is 4.79 Å². The predicted octanol–water partition coefficient (Wildman–Crippen LogP) is 2.72. The Morgan fingerprint density at radius 3 is 2.74 bits per heavy atom. The lowest BCUT2D eigenvalue weighted by Crippen LogP contribution is -2.25. The minimum absolute atomic E-state index is 0.0226. The molecular weight excluding hydrogens is 240 g/mol. The molecule has 4 nitrogen and oxygen atoms in total. The molecule has 2 aromatic rings. The van der Waals surface area contributed by atoms with E-state index in [1.165, 1.54) is 5.56 Å². The molecule has 2 rings (SSSR count). The van der Waals surface area contributed by atoms with Gasteiger partial charge in [-0.25, -0.2) is 0 Å².